The van der Waals surface area contributed by atoms with Crippen LogP contribution in [0.25, 0.3) is 0 Å². The predicted molar refractivity (Wildman–Crippen MR) is 109 cm³/mol. The van der Waals surface area contributed by atoms with E-state index >= 15 is 0 Å². The van der Waals surface area contributed by atoms with Crippen molar-refractivity contribution in [2.75, 3.05) is 52.9 Å². The SMILES string of the molecule is C.C.CC(C)(C)OC(=O)N1CCOCC(O)(CF)C1.OC1(CF)CCCCOC1. The van der Waals surface area contributed by atoms with Crippen molar-refractivity contribution >= 4 is 6.09 Å². The van der Waals surface area contributed by atoms with Gasteiger partial charge in [-0.1, -0.05) is 14.9 Å². The van der Waals surface area contributed by atoms with Crippen molar-refractivity contribution < 1.29 is 38.0 Å². The van der Waals surface area contributed by atoms with E-state index in [9.17, 15) is 23.8 Å². The maximum atomic E-state index is 12.7. The smallest absolute Gasteiger partial charge is 0.410 e. The summed E-state index contributed by atoms with van der Waals surface area (Å²) in [6.07, 6.45) is 1.77. The molecular weight excluding hydrogens is 388 g/mol. The number of carbonyl (C=O) groups excluding carboxylic acids is 1. The van der Waals surface area contributed by atoms with Crippen LogP contribution in [-0.4, -0.2) is 90.9 Å². The molecular formula is C20H41F2NO6. The summed E-state index contributed by atoms with van der Waals surface area (Å²) in [5, 5.41) is 19.2. The van der Waals surface area contributed by atoms with Crippen LogP contribution in [0, 0.1) is 0 Å². The van der Waals surface area contributed by atoms with E-state index in [1.807, 2.05) is 0 Å². The lowest BCUT2D eigenvalue weighted by atomic mass is 10.0. The summed E-state index contributed by atoms with van der Waals surface area (Å²) in [5.74, 6) is 0. The zero-order valence-electron chi connectivity index (χ0n) is 16.5. The third-order valence-corrected chi connectivity index (χ3v) is 4.06. The van der Waals surface area contributed by atoms with E-state index < -0.39 is 36.2 Å². The van der Waals surface area contributed by atoms with Gasteiger partial charge in [0, 0.05) is 13.2 Å². The Morgan fingerprint density at radius 1 is 1.03 bits per heavy atom. The predicted octanol–water partition coefficient (Wildman–Crippen LogP) is 3.11. The first-order valence-electron chi connectivity index (χ1n) is 9.23. The normalized spacial score (nSPS) is 27.8. The molecule has 2 rings (SSSR count). The molecule has 2 aliphatic rings. The van der Waals surface area contributed by atoms with Gasteiger partial charge in [-0.3, -0.25) is 0 Å². The molecule has 0 aromatic heterocycles. The highest BCUT2D eigenvalue weighted by atomic mass is 19.1. The van der Waals surface area contributed by atoms with Crippen molar-refractivity contribution in [3.8, 4) is 0 Å². The second kappa shape index (κ2) is 13.3. The number of aliphatic hydroxyl groups is 2. The average molecular weight is 430 g/mol. The molecule has 1 amide bonds. The second-order valence-corrected chi connectivity index (χ2v) is 8.18. The van der Waals surface area contributed by atoms with Gasteiger partial charge in [0.2, 0.25) is 0 Å². The average Bonchev–Trinajstić information content (AvgIpc) is 2.93. The van der Waals surface area contributed by atoms with Crippen LogP contribution in [0.3, 0.4) is 0 Å². The number of rotatable bonds is 2. The Balaban J connectivity index is 0. The molecule has 7 nitrogen and oxygen atoms in total. The van der Waals surface area contributed by atoms with Crippen LogP contribution >= 0.6 is 0 Å². The van der Waals surface area contributed by atoms with Gasteiger partial charge in [0.05, 0.1) is 26.4 Å². The van der Waals surface area contributed by atoms with Crippen LogP contribution in [-0.2, 0) is 14.2 Å². The summed E-state index contributed by atoms with van der Waals surface area (Å²) in [6, 6.07) is 0. The maximum absolute atomic E-state index is 12.7. The molecule has 2 N–H and O–H groups in total. The third-order valence-electron chi connectivity index (χ3n) is 4.06. The van der Waals surface area contributed by atoms with E-state index in [-0.39, 0.29) is 47.8 Å². The van der Waals surface area contributed by atoms with E-state index in [4.69, 9.17) is 14.2 Å². The highest BCUT2D eigenvalue weighted by Gasteiger charge is 2.36. The molecule has 0 aliphatic carbocycles. The summed E-state index contributed by atoms with van der Waals surface area (Å²) in [5.41, 5.74) is -3.43. The van der Waals surface area contributed by atoms with Gasteiger partial charge in [-0.2, -0.15) is 0 Å². The summed E-state index contributed by atoms with van der Waals surface area (Å²) >= 11 is 0. The summed E-state index contributed by atoms with van der Waals surface area (Å²) in [4.78, 5) is 13.1. The van der Waals surface area contributed by atoms with E-state index in [0.717, 1.165) is 12.8 Å². The van der Waals surface area contributed by atoms with Crippen LogP contribution in [0.4, 0.5) is 13.6 Å². The molecule has 0 spiro atoms. The van der Waals surface area contributed by atoms with Gasteiger partial charge in [-0.25, -0.2) is 13.6 Å². The molecule has 176 valence electrons. The summed E-state index contributed by atoms with van der Waals surface area (Å²) in [6.45, 7) is 4.76. The van der Waals surface area contributed by atoms with Gasteiger partial charge in [-0.15, -0.1) is 0 Å². The van der Waals surface area contributed by atoms with Crippen LogP contribution in [0.15, 0.2) is 0 Å². The standard InChI is InChI=1S/C11H20FNO4.C7H13FO2.2CH4/c1-10(2,3)17-9(14)13-4-5-16-8-11(15,6-12)7-13;8-5-7(9)3-1-2-4-10-6-7;;/h15H,4-8H2,1-3H3;9H,1-6H2;2*1H4. The summed E-state index contributed by atoms with van der Waals surface area (Å²) in [7, 11) is 0. The third kappa shape index (κ3) is 11.7. The minimum Gasteiger partial charge on any atom is -0.444 e. The van der Waals surface area contributed by atoms with Crippen molar-refractivity contribution in [2.45, 2.75) is 71.7 Å². The zero-order chi connectivity index (χ0) is 20.6. The molecule has 2 saturated heterocycles. The lowest BCUT2D eigenvalue weighted by molar-refractivity contribution is -0.0536. The van der Waals surface area contributed by atoms with E-state index in [1.165, 1.54) is 4.90 Å². The molecule has 9 heteroatoms. The minimum atomic E-state index is -1.63. The van der Waals surface area contributed by atoms with Crippen LogP contribution in [0.5, 0.6) is 0 Å². The van der Waals surface area contributed by atoms with E-state index in [2.05, 4.69) is 0 Å². The molecule has 29 heavy (non-hydrogen) atoms. The molecule has 2 aliphatic heterocycles. The highest BCUT2D eigenvalue weighted by molar-refractivity contribution is 5.68. The quantitative estimate of drug-likeness (QED) is 0.701. The number of hydrogen-bond acceptors (Lipinski definition) is 6. The van der Waals surface area contributed by atoms with Crippen LogP contribution in [0.2, 0.25) is 0 Å². The van der Waals surface area contributed by atoms with Gasteiger partial charge in [-0.05, 0) is 40.0 Å². The van der Waals surface area contributed by atoms with Crippen molar-refractivity contribution in [2.24, 2.45) is 0 Å². The fourth-order valence-electron chi connectivity index (χ4n) is 2.58. The Morgan fingerprint density at radius 2 is 1.59 bits per heavy atom. The summed E-state index contributed by atoms with van der Waals surface area (Å²) < 4.78 is 40.1. The van der Waals surface area contributed by atoms with Gasteiger partial charge in [0.1, 0.15) is 30.2 Å². The molecule has 2 unspecified atom stereocenters. The zero-order valence-corrected chi connectivity index (χ0v) is 16.5. The largest absolute Gasteiger partial charge is 0.444 e. The number of hydrogen-bond donors (Lipinski definition) is 2. The first-order chi connectivity index (χ1) is 12.5. The molecule has 0 saturated carbocycles. The Kier molecular flexibility index (Phi) is 13.8. The number of carbonyl (C=O) groups is 1. The Morgan fingerprint density at radius 3 is 2.14 bits per heavy atom. The molecule has 2 atom stereocenters. The fourth-order valence-corrected chi connectivity index (χ4v) is 2.58. The van der Waals surface area contributed by atoms with Crippen molar-refractivity contribution in [3.63, 3.8) is 0 Å². The Hall–Kier alpha value is -1.03. The Labute approximate surface area is 174 Å². The minimum absolute atomic E-state index is 0. The number of halogens is 2. The number of amides is 1. The number of nitrogens with zero attached hydrogens (tertiary/aromatic N) is 1. The molecule has 2 heterocycles. The van der Waals surface area contributed by atoms with Crippen molar-refractivity contribution in [1.82, 2.24) is 4.90 Å². The number of alkyl halides is 2. The molecule has 2 fully saturated rings. The van der Waals surface area contributed by atoms with Gasteiger partial charge >= 0.3 is 6.09 Å². The fraction of sp³-hybridized carbons (Fsp3) is 0.950. The van der Waals surface area contributed by atoms with Gasteiger partial charge < -0.3 is 29.3 Å². The van der Waals surface area contributed by atoms with Crippen molar-refractivity contribution in [3.05, 3.63) is 0 Å². The second-order valence-electron chi connectivity index (χ2n) is 8.18. The molecule has 0 bridgehead atoms. The lowest BCUT2D eigenvalue weighted by Gasteiger charge is -2.30. The van der Waals surface area contributed by atoms with Crippen LogP contribution in [0.1, 0.15) is 54.9 Å². The maximum Gasteiger partial charge on any atom is 0.410 e. The first-order valence-corrected chi connectivity index (χ1v) is 9.23. The first kappa shape index (κ1) is 30.2. The molecule has 0 aromatic carbocycles. The number of ether oxygens (including phenoxy) is 3. The monoisotopic (exact) mass is 429 g/mol. The number of β-amino-alcohol motifs (C(OH)–C–C–N with tert-alkyl or cyclic N) is 1. The van der Waals surface area contributed by atoms with Crippen LogP contribution < -0.4 is 0 Å². The topological polar surface area (TPSA) is 88.5 Å². The van der Waals surface area contributed by atoms with E-state index in [0.29, 0.717) is 13.0 Å². The lowest BCUT2D eigenvalue weighted by Crippen LogP contribution is -2.49. The van der Waals surface area contributed by atoms with Gasteiger partial charge in [0.25, 0.3) is 0 Å². The van der Waals surface area contributed by atoms with E-state index in [1.54, 1.807) is 20.8 Å². The van der Waals surface area contributed by atoms with Gasteiger partial charge in [0.15, 0.2) is 0 Å². The highest BCUT2D eigenvalue weighted by Crippen LogP contribution is 2.19. The molecule has 0 radical (unpaired) electrons. The van der Waals surface area contributed by atoms with Crippen molar-refractivity contribution in [1.29, 1.82) is 0 Å². The Bertz CT molecular complexity index is 453. The molecule has 0 aromatic rings.